The highest BCUT2D eigenvalue weighted by atomic mass is 16.3. The third-order valence-corrected chi connectivity index (χ3v) is 3.96. The largest absolute Gasteiger partial charge is 0.508 e. The first-order valence-electron chi connectivity index (χ1n) is 7.32. The van der Waals surface area contributed by atoms with Crippen molar-refractivity contribution < 1.29 is 5.11 Å². The van der Waals surface area contributed by atoms with Gasteiger partial charge in [0.1, 0.15) is 5.75 Å². The van der Waals surface area contributed by atoms with Crippen LogP contribution in [0.5, 0.6) is 5.75 Å². The van der Waals surface area contributed by atoms with Gasteiger partial charge in [0, 0.05) is 44.3 Å². The van der Waals surface area contributed by atoms with E-state index in [1.54, 1.807) is 6.07 Å². The maximum Gasteiger partial charge on any atom is 0.120 e. The second-order valence-electron chi connectivity index (χ2n) is 5.97. The fourth-order valence-corrected chi connectivity index (χ4v) is 2.89. The average molecular weight is 262 g/mol. The van der Waals surface area contributed by atoms with Crippen LogP contribution in [-0.4, -0.2) is 47.6 Å². The van der Waals surface area contributed by atoms with Gasteiger partial charge in [0.15, 0.2) is 0 Å². The topological polar surface area (TPSA) is 26.7 Å². The van der Waals surface area contributed by atoms with Gasteiger partial charge in [0.25, 0.3) is 0 Å². The molecule has 1 saturated heterocycles. The van der Waals surface area contributed by atoms with Gasteiger partial charge in [0.05, 0.1) is 0 Å². The fourth-order valence-electron chi connectivity index (χ4n) is 2.89. The first-order chi connectivity index (χ1) is 9.08. The molecule has 0 radical (unpaired) electrons. The summed E-state index contributed by atoms with van der Waals surface area (Å²) in [5, 5.41) is 9.95. The molecular formula is C16H26N2O. The Kier molecular flexibility index (Phi) is 4.83. The summed E-state index contributed by atoms with van der Waals surface area (Å²) in [6.07, 6.45) is 0. The van der Waals surface area contributed by atoms with E-state index in [4.69, 9.17) is 0 Å². The molecule has 0 aliphatic carbocycles. The van der Waals surface area contributed by atoms with Gasteiger partial charge in [-0.25, -0.2) is 0 Å². The van der Waals surface area contributed by atoms with Crippen molar-refractivity contribution in [3.63, 3.8) is 0 Å². The monoisotopic (exact) mass is 262 g/mol. The highest BCUT2D eigenvalue weighted by molar-refractivity contribution is 5.34. The number of hydrogen-bond acceptors (Lipinski definition) is 3. The summed E-state index contributed by atoms with van der Waals surface area (Å²) < 4.78 is 0. The Morgan fingerprint density at radius 2 is 1.68 bits per heavy atom. The van der Waals surface area contributed by atoms with Gasteiger partial charge < -0.3 is 10.0 Å². The highest BCUT2D eigenvalue weighted by Crippen LogP contribution is 2.28. The van der Waals surface area contributed by atoms with Crippen molar-refractivity contribution in [3.8, 4) is 5.75 Å². The Morgan fingerprint density at radius 3 is 2.26 bits per heavy atom. The summed E-state index contributed by atoms with van der Waals surface area (Å²) >= 11 is 0. The van der Waals surface area contributed by atoms with E-state index in [2.05, 4.69) is 30.6 Å². The number of phenolic OH excluding ortho intramolecular Hbond substituents is 1. The molecule has 0 bridgehead atoms. The maximum atomic E-state index is 9.95. The zero-order valence-corrected chi connectivity index (χ0v) is 12.3. The molecule has 2 rings (SSSR count). The van der Waals surface area contributed by atoms with E-state index in [1.165, 1.54) is 6.54 Å². The molecule has 0 aromatic heterocycles. The standard InChI is InChI=1S/C16H26N2O/c1-13(2)12-17-8-10-18(11-9-17)14(3)15-6-4-5-7-16(15)19/h4-7,13-14,19H,8-12H2,1-3H3. The molecule has 19 heavy (non-hydrogen) atoms. The van der Waals surface area contributed by atoms with Gasteiger partial charge in [-0.05, 0) is 18.9 Å². The highest BCUT2D eigenvalue weighted by Gasteiger charge is 2.23. The van der Waals surface area contributed by atoms with Crippen molar-refractivity contribution in [1.82, 2.24) is 9.80 Å². The zero-order valence-electron chi connectivity index (χ0n) is 12.3. The number of piperazine rings is 1. The van der Waals surface area contributed by atoms with E-state index >= 15 is 0 Å². The van der Waals surface area contributed by atoms with E-state index in [-0.39, 0.29) is 0 Å². The number of rotatable bonds is 4. The van der Waals surface area contributed by atoms with E-state index in [1.807, 2.05) is 18.2 Å². The number of benzene rings is 1. The molecule has 0 amide bonds. The van der Waals surface area contributed by atoms with E-state index in [9.17, 15) is 5.11 Å². The minimum absolute atomic E-state index is 0.294. The van der Waals surface area contributed by atoms with Crippen molar-refractivity contribution in [2.75, 3.05) is 32.7 Å². The molecular weight excluding hydrogens is 236 g/mol. The molecule has 1 unspecified atom stereocenters. The molecule has 0 spiro atoms. The molecule has 106 valence electrons. The SMILES string of the molecule is CC(C)CN1CCN(C(C)c2ccccc2O)CC1. The minimum Gasteiger partial charge on any atom is -0.508 e. The lowest BCUT2D eigenvalue weighted by atomic mass is 10.0. The van der Waals surface area contributed by atoms with Crippen LogP contribution in [0, 0.1) is 5.92 Å². The summed E-state index contributed by atoms with van der Waals surface area (Å²) in [5.74, 6) is 1.15. The Balaban J connectivity index is 1.93. The molecule has 1 aliphatic rings. The molecule has 0 saturated carbocycles. The summed E-state index contributed by atoms with van der Waals surface area (Å²) in [7, 11) is 0. The number of phenols is 1. The lowest BCUT2D eigenvalue weighted by Gasteiger charge is -2.38. The van der Waals surface area contributed by atoms with Gasteiger partial charge >= 0.3 is 0 Å². The first kappa shape index (κ1) is 14.4. The molecule has 1 atom stereocenters. The average Bonchev–Trinajstić information content (AvgIpc) is 2.39. The summed E-state index contributed by atoms with van der Waals surface area (Å²) in [4.78, 5) is 5.00. The summed E-state index contributed by atoms with van der Waals surface area (Å²) in [5.41, 5.74) is 1.04. The predicted octanol–water partition coefficient (Wildman–Crippen LogP) is 2.73. The predicted molar refractivity (Wildman–Crippen MR) is 79.4 cm³/mol. The molecule has 3 heteroatoms. The van der Waals surface area contributed by atoms with Crippen LogP contribution >= 0.6 is 0 Å². The number of hydrogen-bond donors (Lipinski definition) is 1. The summed E-state index contributed by atoms with van der Waals surface area (Å²) in [6.45, 7) is 12.4. The smallest absolute Gasteiger partial charge is 0.120 e. The number of nitrogens with zero attached hydrogens (tertiary/aromatic N) is 2. The van der Waals surface area contributed by atoms with Crippen molar-refractivity contribution in [2.24, 2.45) is 5.92 Å². The molecule has 1 aromatic carbocycles. The molecule has 1 heterocycles. The van der Waals surface area contributed by atoms with Crippen LogP contribution in [0.15, 0.2) is 24.3 Å². The van der Waals surface area contributed by atoms with Gasteiger partial charge in [-0.15, -0.1) is 0 Å². The van der Waals surface area contributed by atoms with Crippen molar-refractivity contribution in [3.05, 3.63) is 29.8 Å². The van der Waals surface area contributed by atoms with Crippen LogP contribution in [0.4, 0.5) is 0 Å². The normalized spacial score (nSPS) is 19.8. The van der Waals surface area contributed by atoms with Gasteiger partial charge in [-0.1, -0.05) is 32.0 Å². The summed E-state index contributed by atoms with van der Waals surface area (Å²) in [6, 6.07) is 7.98. The first-order valence-corrected chi connectivity index (χ1v) is 7.32. The van der Waals surface area contributed by atoms with E-state index < -0.39 is 0 Å². The van der Waals surface area contributed by atoms with Gasteiger partial charge in [-0.3, -0.25) is 4.90 Å². The van der Waals surface area contributed by atoms with Crippen molar-refractivity contribution in [2.45, 2.75) is 26.8 Å². The van der Waals surface area contributed by atoms with E-state index in [0.717, 1.165) is 37.7 Å². The zero-order chi connectivity index (χ0) is 13.8. The van der Waals surface area contributed by atoms with Crippen LogP contribution < -0.4 is 0 Å². The van der Waals surface area contributed by atoms with Crippen LogP contribution in [0.2, 0.25) is 0 Å². The molecule has 1 aromatic rings. The van der Waals surface area contributed by atoms with Crippen LogP contribution in [0.3, 0.4) is 0 Å². The second-order valence-corrected chi connectivity index (χ2v) is 5.97. The van der Waals surface area contributed by atoms with E-state index in [0.29, 0.717) is 11.8 Å². The van der Waals surface area contributed by atoms with Gasteiger partial charge in [0.2, 0.25) is 0 Å². The Hall–Kier alpha value is -1.06. The second kappa shape index (κ2) is 6.40. The number of para-hydroxylation sites is 1. The Bertz CT molecular complexity index is 397. The third kappa shape index (κ3) is 3.71. The Labute approximate surface area is 116 Å². The lowest BCUT2D eigenvalue weighted by molar-refractivity contribution is 0.0939. The quantitative estimate of drug-likeness (QED) is 0.904. The maximum absolute atomic E-state index is 9.95. The third-order valence-electron chi connectivity index (χ3n) is 3.96. The van der Waals surface area contributed by atoms with Crippen LogP contribution in [-0.2, 0) is 0 Å². The van der Waals surface area contributed by atoms with Crippen LogP contribution in [0.25, 0.3) is 0 Å². The van der Waals surface area contributed by atoms with Crippen molar-refractivity contribution in [1.29, 1.82) is 0 Å². The van der Waals surface area contributed by atoms with Crippen molar-refractivity contribution >= 4 is 0 Å². The van der Waals surface area contributed by atoms with Crippen LogP contribution in [0.1, 0.15) is 32.4 Å². The minimum atomic E-state index is 0.294. The lowest BCUT2D eigenvalue weighted by Crippen LogP contribution is -2.48. The molecule has 3 nitrogen and oxygen atoms in total. The molecule has 1 aliphatic heterocycles. The fraction of sp³-hybridized carbons (Fsp3) is 0.625. The molecule has 1 N–H and O–H groups in total. The molecule has 1 fully saturated rings. The Morgan fingerprint density at radius 1 is 1.05 bits per heavy atom. The van der Waals surface area contributed by atoms with Gasteiger partial charge in [-0.2, -0.15) is 0 Å². The number of aromatic hydroxyl groups is 1.